The molecule has 1 unspecified atom stereocenters. The Morgan fingerprint density at radius 1 is 1.00 bits per heavy atom. The molecule has 5 nitrogen and oxygen atoms in total. The molecule has 142 valence electrons. The van der Waals surface area contributed by atoms with Crippen molar-refractivity contribution in [3.8, 4) is 0 Å². The molecule has 1 atom stereocenters. The van der Waals surface area contributed by atoms with Gasteiger partial charge in [-0.25, -0.2) is 4.98 Å². The van der Waals surface area contributed by atoms with E-state index in [1.807, 2.05) is 37.4 Å². The summed E-state index contributed by atoms with van der Waals surface area (Å²) in [5.74, 6) is 0.435. The molecule has 0 radical (unpaired) electrons. The van der Waals surface area contributed by atoms with Gasteiger partial charge in [0.1, 0.15) is 5.82 Å². The lowest BCUT2D eigenvalue weighted by Crippen LogP contribution is -2.47. The summed E-state index contributed by atoms with van der Waals surface area (Å²) in [7, 11) is 0. The van der Waals surface area contributed by atoms with Gasteiger partial charge in [-0.1, -0.05) is 18.2 Å². The van der Waals surface area contributed by atoms with Crippen molar-refractivity contribution in [1.29, 1.82) is 0 Å². The van der Waals surface area contributed by atoms with E-state index in [-0.39, 0.29) is 6.04 Å². The van der Waals surface area contributed by atoms with Crippen molar-refractivity contribution in [2.45, 2.75) is 26.1 Å². The molecule has 0 aliphatic carbocycles. The second-order valence-corrected chi connectivity index (χ2v) is 6.92. The molecule has 1 fully saturated rings. The lowest BCUT2D eigenvalue weighted by molar-refractivity contribution is 0.0557. The highest BCUT2D eigenvalue weighted by molar-refractivity contribution is 5.76. The van der Waals surface area contributed by atoms with E-state index < -0.39 is 6.55 Å². The topological polar surface area (TPSA) is 37.2 Å². The van der Waals surface area contributed by atoms with Gasteiger partial charge in [-0.15, -0.1) is 0 Å². The number of hydrogen-bond donors (Lipinski definition) is 0. The fraction of sp³-hybridized carbons (Fsp3) is 0.400. The summed E-state index contributed by atoms with van der Waals surface area (Å²) in [6, 6.07) is 12.9. The van der Waals surface area contributed by atoms with Gasteiger partial charge in [0.15, 0.2) is 0 Å². The van der Waals surface area contributed by atoms with Crippen LogP contribution in [0.4, 0.5) is 8.78 Å². The van der Waals surface area contributed by atoms with Gasteiger partial charge in [0.2, 0.25) is 0 Å². The first kappa shape index (κ1) is 18.0. The molecular weight excluding hydrogens is 348 g/mol. The summed E-state index contributed by atoms with van der Waals surface area (Å²) >= 11 is 0. The Balaban J connectivity index is 1.47. The van der Waals surface area contributed by atoms with Crippen LogP contribution in [0.2, 0.25) is 0 Å². The van der Waals surface area contributed by atoms with Crippen LogP contribution in [-0.2, 0) is 6.54 Å². The Labute approximate surface area is 157 Å². The number of imidazole rings is 1. The highest BCUT2D eigenvalue weighted by atomic mass is 19.3. The predicted octanol–water partition coefficient (Wildman–Crippen LogP) is 3.71. The van der Waals surface area contributed by atoms with Crippen LogP contribution in [0.3, 0.4) is 0 Å². The number of nitrogens with zero attached hydrogens (tertiary/aromatic N) is 5. The summed E-state index contributed by atoms with van der Waals surface area (Å²) in [6.07, 6.45) is 1.81. The molecule has 0 N–H and O–H groups in total. The van der Waals surface area contributed by atoms with Crippen LogP contribution in [0.15, 0.2) is 48.7 Å². The summed E-state index contributed by atoms with van der Waals surface area (Å²) in [5.41, 5.74) is 2.16. The molecule has 0 spiro atoms. The van der Waals surface area contributed by atoms with Crippen molar-refractivity contribution in [1.82, 2.24) is 24.3 Å². The molecule has 3 aromatic rings. The maximum absolute atomic E-state index is 13.7. The van der Waals surface area contributed by atoms with Crippen molar-refractivity contribution >= 4 is 11.0 Å². The third kappa shape index (κ3) is 3.70. The number of benzene rings is 1. The van der Waals surface area contributed by atoms with E-state index in [4.69, 9.17) is 0 Å². The summed E-state index contributed by atoms with van der Waals surface area (Å²) in [4.78, 5) is 13.5. The Bertz CT molecular complexity index is 888. The van der Waals surface area contributed by atoms with E-state index in [1.54, 1.807) is 18.2 Å². The number of halogens is 2. The molecule has 7 heteroatoms. The zero-order chi connectivity index (χ0) is 18.8. The Kier molecular flexibility index (Phi) is 5.13. The number of piperazine rings is 1. The molecule has 4 rings (SSSR count). The van der Waals surface area contributed by atoms with Crippen LogP contribution in [-0.4, -0.2) is 50.5 Å². The zero-order valence-corrected chi connectivity index (χ0v) is 15.3. The second kappa shape index (κ2) is 7.70. The van der Waals surface area contributed by atoms with Gasteiger partial charge in [0, 0.05) is 38.9 Å². The van der Waals surface area contributed by atoms with Gasteiger partial charge in [0.05, 0.1) is 22.8 Å². The van der Waals surface area contributed by atoms with E-state index in [9.17, 15) is 8.78 Å². The quantitative estimate of drug-likeness (QED) is 0.685. The van der Waals surface area contributed by atoms with E-state index >= 15 is 0 Å². The van der Waals surface area contributed by atoms with Gasteiger partial charge in [-0.3, -0.25) is 19.4 Å². The molecule has 2 aromatic heterocycles. The van der Waals surface area contributed by atoms with Crippen molar-refractivity contribution in [3.63, 3.8) is 0 Å². The monoisotopic (exact) mass is 371 g/mol. The second-order valence-electron chi connectivity index (χ2n) is 6.92. The molecule has 3 heterocycles. The van der Waals surface area contributed by atoms with E-state index in [1.165, 1.54) is 0 Å². The van der Waals surface area contributed by atoms with Crippen LogP contribution < -0.4 is 0 Å². The van der Waals surface area contributed by atoms with E-state index in [0.29, 0.717) is 16.9 Å². The third-order valence-corrected chi connectivity index (χ3v) is 5.26. The van der Waals surface area contributed by atoms with Crippen molar-refractivity contribution in [2.24, 2.45) is 0 Å². The van der Waals surface area contributed by atoms with Gasteiger partial charge in [0.25, 0.3) is 0 Å². The fourth-order valence-corrected chi connectivity index (χ4v) is 3.76. The summed E-state index contributed by atoms with van der Waals surface area (Å²) < 4.78 is 28.5. The van der Waals surface area contributed by atoms with E-state index in [2.05, 4.69) is 19.8 Å². The molecular formula is C20H23F2N5. The standard InChI is InChI=1S/C20H23F2N5/c1-15(19-24-17-7-2-3-8-18(17)27(19)20(21)22)26-12-10-25(11-13-26)14-16-6-4-5-9-23-16/h2-9,15,20H,10-14H2,1H3. The minimum absolute atomic E-state index is 0.164. The maximum Gasteiger partial charge on any atom is 0.320 e. The largest absolute Gasteiger partial charge is 0.320 e. The SMILES string of the molecule is CC(c1nc2ccccc2n1C(F)F)N1CCN(Cc2ccccn2)CC1. The zero-order valence-electron chi connectivity index (χ0n) is 15.3. The number of pyridine rings is 1. The molecule has 1 aliphatic heterocycles. The highest BCUT2D eigenvalue weighted by Crippen LogP contribution is 2.29. The average Bonchev–Trinajstić information content (AvgIpc) is 3.09. The molecule has 1 aromatic carbocycles. The molecule has 0 amide bonds. The fourth-order valence-electron chi connectivity index (χ4n) is 3.76. The lowest BCUT2D eigenvalue weighted by atomic mass is 10.2. The summed E-state index contributed by atoms with van der Waals surface area (Å²) in [6.45, 7) is 3.60. The number of alkyl halides is 2. The number of aromatic nitrogens is 3. The first-order valence-electron chi connectivity index (χ1n) is 9.25. The number of hydrogen-bond acceptors (Lipinski definition) is 4. The van der Waals surface area contributed by atoms with Crippen LogP contribution >= 0.6 is 0 Å². The van der Waals surface area contributed by atoms with Crippen LogP contribution in [0, 0.1) is 0 Å². The van der Waals surface area contributed by atoms with Gasteiger partial charge in [-0.2, -0.15) is 8.78 Å². The predicted molar refractivity (Wildman–Crippen MR) is 100 cm³/mol. The average molecular weight is 371 g/mol. The van der Waals surface area contributed by atoms with E-state index in [0.717, 1.165) is 43.0 Å². The Morgan fingerprint density at radius 2 is 1.74 bits per heavy atom. The maximum atomic E-state index is 13.7. The molecule has 1 saturated heterocycles. The molecule has 27 heavy (non-hydrogen) atoms. The van der Waals surface area contributed by atoms with Crippen molar-refractivity contribution < 1.29 is 8.78 Å². The normalized spacial score (nSPS) is 17.6. The Morgan fingerprint density at radius 3 is 2.44 bits per heavy atom. The van der Waals surface area contributed by atoms with Gasteiger partial charge in [-0.05, 0) is 31.2 Å². The molecule has 0 bridgehead atoms. The molecule has 0 saturated carbocycles. The minimum atomic E-state index is -2.60. The van der Waals surface area contributed by atoms with Crippen molar-refractivity contribution in [3.05, 3.63) is 60.2 Å². The highest BCUT2D eigenvalue weighted by Gasteiger charge is 2.28. The van der Waals surface area contributed by atoms with Gasteiger partial charge >= 0.3 is 6.55 Å². The first-order chi connectivity index (χ1) is 13.1. The van der Waals surface area contributed by atoms with Crippen LogP contribution in [0.5, 0.6) is 0 Å². The van der Waals surface area contributed by atoms with Crippen LogP contribution in [0.1, 0.15) is 31.0 Å². The number of rotatable bonds is 5. The smallest absolute Gasteiger partial charge is 0.295 e. The third-order valence-electron chi connectivity index (χ3n) is 5.26. The summed E-state index contributed by atoms with van der Waals surface area (Å²) in [5, 5.41) is 0. The number of fused-ring (bicyclic) bond motifs is 1. The molecule has 1 aliphatic rings. The van der Waals surface area contributed by atoms with Crippen LogP contribution in [0.25, 0.3) is 11.0 Å². The van der Waals surface area contributed by atoms with Gasteiger partial charge < -0.3 is 0 Å². The lowest BCUT2D eigenvalue weighted by Gasteiger charge is -2.37. The minimum Gasteiger partial charge on any atom is -0.295 e. The first-order valence-corrected chi connectivity index (χ1v) is 9.25. The van der Waals surface area contributed by atoms with Crippen molar-refractivity contribution in [2.75, 3.05) is 26.2 Å². The Hall–Kier alpha value is -2.38. The number of para-hydroxylation sites is 2.